The number of piperidine rings is 1. The summed E-state index contributed by atoms with van der Waals surface area (Å²) < 4.78 is 17.0. The maximum atomic E-state index is 12.4. The Morgan fingerprint density at radius 2 is 1.62 bits per heavy atom. The minimum atomic E-state index is -0.505. The van der Waals surface area contributed by atoms with Crippen LogP contribution in [0.4, 0.5) is 4.79 Å². The molecule has 0 N–H and O–H groups in total. The predicted molar refractivity (Wildman–Crippen MR) is 141 cm³/mol. The van der Waals surface area contributed by atoms with Crippen molar-refractivity contribution in [1.82, 2.24) is 4.90 Å². The fourth-order valence-corrected chi connectivity index (χ4v) is 4.21. The van der Waals surface area contributed by atoms with Gasteiger partial charge in [0, 0.05) is 32.4 Å². The van der Waals surface area contributed by atoms with Crippen LogP contribution in [0.1, 0.15) is 51.2 Å². The van der Waals surface area contributed by atoms with E-state index >= 15 is 0 Å². The quantitative estimate of drug-likeness (QED) is 0.303. The first-order valence-electron chi connectivity index (χ1n) is 12.6. The predicted octanol–water partition coefficient (Wildman–Crippen LogP) is 6.03. The molecule has 0 aliphatic carbocycles. The van der Waals surface area contributed by atoms with Gasteiger partial charge >= 0.3 is 12.1 Å². The van der Waals surface area contributed by atoms with Crippen LogP contribution in [0.5, 0.6) is 11.5 Å². The maximum Gasteiger partial charge on any atom is 0.410 e. The molecule has 0 unspecified atom stereocenters. The van der Waals surface area contributed by atoms with E-state index in [0.29, 0.717) is 36.6 Å². The Morgan fingerprint density at radius 1 is 0.946 bits per heavy atom. The molecule has 3 aromatic rings. The van der Waals surface area contributed by atoms with Crippen molar-refractivity contribution in [2.24, 2.45) is 0 Å². The number of nitriles is 1. The minimum Gasteiger partial charge on any atom is -0.490 e. The van der Waals surface area contributed by atoms with Gasteiger partial charge in [0.15, 0.2) is 0 Å². The van der Waals surface area contributed by atoms with Crippen LogP contribution in [-0.2, 0) is 16.0 Å². The van der Waals surface area contributed by atoms with E-state index in [4.69, 9.17) is 19.5 Å². The molecule has 3 aromatic carbocycles. The van der Waals surface area contributed by atoms with E-state index in [-0.39, 0.29) is 24.6 Å². The molecule has 1 amide bonds. The number of aryl methyl sites for hydroxylation is 1. The Hall–Kier alpha value is -4.05. The highest BCUT2D eigenvalue weighted by molar-refractivity contribution is 5.84. The van der Waals surface area contributed by atoms with E-state index in [9.17, 15) is 9.59 Å². The van der Waals surface area contributed by atoms with Crippen LogP contribution in [0, 0.1) is 11.3 Å². The van der Waals surface area contributed by atoms with E-state index in [2.05, 4.69) is 6.07 Å². The van der Waals surface area contributed by atoms with Gasteiger partial charge in [0.25, 0.3) is 0 Å². The normalized spacial score (nSPS) is 14.2. The summed E-state index contributed by atoms with van der Waals surface area (Å²) in [5, 5.41) is 11.1. The lowest BCUT2D eigenvalue weighted by Gasteiger charge is -2.33. The van der Waals surface area contributed by atoms with Gasteiger partial charge in [-0.1, -0.05) is 24.3 Å². The summed E-state index contributed by atoms with van der Waals surface area (Å²) in [5.74, 6) is 0.853. The number of likely N-dealkylation sites (tertiary alicyclic amines) is 1. The number of hydrogen-bond acceptors (Lipinski definition) is 6. The van der Waals surface area contributed by atoms with Gasteiger partial charge in [-0.05, 0) is 79.9 Å². The number of carbonyl (C=O) groups excluding carboxylic acids is 2. The Bertz CT molecular complexity index is 1300. The fraction of sp³-hybridized carbons (Fsp3) is 0.367. The molecule has 7 nitrogen and oxygen atoms in total. The molecule has 37 heavy (non-hydrogen) atoms. The average Bonchev–Trinajstić information content (AvgIpc) is 2.87. The zero-order valence-corrected chi connectivity index (χ0v) is 21.5. The van der Waals surface area contributed by atoms with Crippen LogP contribution < -0.4 is 9.47 Å². The summed E-state index contributed by atoms with van der Waals surface area (Å²) in [6.45, 7) is 6.76. The van der Waals surface area contributed by atoms with Crippen molar-refractivity contribution in [2.45, 2.75) is 58.2 Å². The lowest BCUT2D eigenvalue weighted by Crippen LogP contribution is -2.44. The molecule has 1 aliphatic heterocycles. The number of rotatable bonds is 6. The molecule has 1 heterocycles. The van der Waals surface area contributed by atoms with E-state index in [1.165, 1.54) is 0 Å². The number of ether oxygens (including phenoxy) is 3. The summed E-state index contributed by atoms with van der Waals surface area (Å²) >= 11 is 0. The first-order valence-corrected chi connectivity index (χ1v) is 12.6. The van der Waals surface area contributed by atoms with Gasteiger partial charge in [-0.25, -0.2) is 4.79 Å². The number of benzene rings is 3. The molecule has 0 spiro atoms. The molecular weight excluding hydrogens is 468 g/mol. The van der Waals surface area contributed by atoms with Crippen LogP contribution in [0.2, 0.25) is 0 Å². The maximum absolute atomic E-state index is 12.4. The van der Waals surface area contributed by atoms with Crippen LogP contribution in [0.15, 0.2) is 60.7 Å². The Morgan fingerprint density at radius 3 is 2.30 bits per heavy atom. The molecule has 4 rings (SSSR count). The summed E-state index contributed by atoms with van der Waals surface area (Å²) in [5.41, 5.74) is 1.12. The lowest BCUT2D eigenvalue weighted by molar-refractivity contribution is -0.134. The molecule has 0 aromatic heterocycles. The van der Waals surface area contributed by atoms with Crippen molar-refractivity contribution >= 4 is 22.8 Å². The van der Waals surface area contributed by atoms with Gasteiger partial charge in [0.2, 0.25) is 0 Å². The van der Waals surface area contributed by atoms with Crippen molar-refractivity contribution in [3.63, 3.8) is 0 Å². The standard InChI is InChI=1S/C30H32N2O5/c1-30(2,3)37-29(34)32-16-14-27(15-17-32)35-25-9-11-26(12-10-25)36-28(33)13-6-21-4-7-23-8-5-22(20-31)19-24(23)18-21/h4-5,7-12,18-19,27H,6,13-17H2,1-3H3. The topological polar surface area (TPSA) is 88.9 Å². The second-order valence-corrected chi connectivity index (χ2v) is 10.2. The van der Waals surface area contributed by atoms with Gasteiger partial charge in [0.1, 0.15) is 23.2 Å². The Labute approximate surface area is 217 Å². The zero-order valence-electron chi connectivity index (χ0n) is 21.5. The second kappa shape index (κ2) is 11.3. The highest BCUT2D eigenvalue weighted by Gasteiger charge is 2.27. The van der Waals surface area contributed by atoms with Crippen molar-refractivity contribution in [2.75, 3.05) is 13.1 Å². The van der Waals surface area contributed by atoms with Gasteiger partial charge in [-0.3, -0.25) is 4.79 Å². The monoisotopic (exact) mass is 500 g/mol. The molecular formula is C30H32N2O5. The van der Waals surface area contributed by atoms with Crippen molar-refractivity contribution in [3.8, 4) is 17.6 Å². The number of hydrogen-bond donors (Lipinski definition) is 0. The van der Waals surface area contributed by atoms with Crippen LogP contribution in [0.25, 0.3) is 10.8 Å². The third kappa shape index (κ3) is 7.47. The molecule has 7 heteroatoms. The molecule has 0 bridgehead atoms. The number of esters is 1. The minimum absolute atomic E-state index is 0.0123. The third-order valence-electron chi connectivity index (χ3n) is 6.10. The molecule has 192 valence electrons. The molecule has 0 atom stereocenters. The van der Waals surface area contributed by atoms with Gasteiger partial charge in [-0.15, -0.1) is 0 Å². The lowest BCUT2D eigenvalue weighted by atomic mass is 10.0. The average molecular weight is 501 g/mol. The van der Waals surface area contributed by atoms with Crippen LogP contribution >= 0.6 is 0 Å². The highest BCUT2D eigenvalue weighted by Crippen LogP contribution is 2.24. The van der Waals surface area contributed by atoms with E-state index in [0.717, 1.165) is 29.2 Å². The zero-order chi connectivity index (χ0) is 26.4. The molecule has 0 saturated carbocycles. The van der Waals surface area contributed by atoms with E-state index < -0.39 is 5.60 Å². The number of fused-ring (bicyclic) bond motifs is 1. The second-order valence-electron chi connectivity index (χ2n) is 10.2. The van der Waals surface area contributed by atoms with Crippen LogP contribution in [-0.4, -0.2) is 41.8 Å². The number of carbonyl (C=O) groups is 2. The van der Waals surface area contributed by atoms with Crippen molar-refractivity contribution in [3.05, 3.63) is 71.8 Å². The van der Waals surface area contributed by atoms with Crippen LogP contribution in [0.3, 0.4) is 0 Å². The summed E-state index contributed by atoms with van der Waals surface area (Å²) in [6.07, 6.45) is 1.97. The Kier molecular flexibility index (Phi) is 7.98. The molecule has 1 saturated heterocycles. The smallest absolute Gasteiger partial charge is 0.410 e. The van der Waals surface area contributed by atoms with Gasteiger partial charge in [0.05, 0.1) is 11.6 Å². The van der Waals surface area contributed by atoms with Crippen molar-refractivity contribution < 1.29 is 23.8 Å². The fourth-order valence-electron chi connectivity index (χ4n) is 4.21. The largest absolute Gasteiger partial charge is 0.490 e. The van der Waals surface area contributed by atoms with Gasteiger partial charge in [-0.2, -0.15) is 5.26 Å². The van der Waals surface area contributed by atoms with Gasteiger partial charge < -0.3 is 19.1 Å². The molecule has 1 aliphatic rings. The van der Waals surface area contributed by atoms with E-state index in [1.807, 2.05) is 51.1 Å². The SMILES string of the molecule is CC(C)(C)OC(=O)N1CCC(Oc2ccc(OC(=O)CCc3ccc4ccc(C#N)cc4c3)cc2)CC1. The summed E-state index contributed by atoms with van der Waals surface area (Å²) in [4.78, 5) is 26.3. The Balaban J connectivity index is 1.22. The number of nitrogens with zero attached hydrogens (tertiary/aromatic N) is 2. The summed E-state index contributed by atoms with van der Waals surface area (Å²) in [7, 11) is 0. The summed E-state index contributed by atoms with van der Waals surface area (Å²) in [6, 6.07) is 20.8. The number of amides is 1. The van der Waals surface area contributed by atoms with E-state index in [1.54, 1.807) is 35.2 Å². The molecule has 1 fully saturated rings. The highest BCUT2D eigenvalue weighted by atomic mass is 16.6. The molecule has 0 radical (unpaired) electrons. The first-order chi connectivity index (χ1) is 17.7. The first kappa shape index (κ1) is 26.0. The third-order valence-corrected chi connectivity index (χ3v) is 6.10. The van der Waals surface area contributed by atoms with Crippen molar-refractivity contribution in [1.29, 1.82) is 5.26 Å².